The first-order valence-corrected chi connectivity index (χ1v) is 8.48. The van der Waals surface area contributed by atoms with Crippen LogP contribution < -0.4 is 10.0 Å². The van der Waals surface area contributed by atoms with Gasteiger partial charge in [-0.1, -0.05) is 6.92 Å². The van der Waals surface area contributed by atoms with Gasteiger partial charge in [0.25, 0.3) is 0 Å². The molecule has 1 aromatic rings. The number of hydrogen-bond donors (Lipinski definition) is 2. The average molecular weight is 318 g/mol. The van der Waals surface area contributed by atoms with Crippen molar-refractivity contribution in [3.8, 4) is 0 Å². The fourth-order valence-corrected chi connectivity index (χ4v) is 3.98. The fourth-order valence-electron chi connectivity index (χ4n) is 2.37. The molecule has 0 bridgehead atoms. The Labute approximate surface area is 124 Å². The zero-order valence-corrected chi connectivity index (χ0v) is 13.0. The zero-order valence-electron chi connectivity index (χ0n) is 12.2. The van der Waals surface area contributed by atoms with Gasteiger partial charge in [0.05, 0.1) is 0 Å². The number of benzene rings is 1. The first kappa shape index (κ1) is 16.3. The van der Waals surface area contributed by atoms with Crippen molar-refractivity contribution in [2.24, 2.45) is 0 Å². The highest BCUT2D eigenvalue weighted by atomic mass is 32.2. The molecule has 0 unspecified atom stereocenters. The minimum atomic E-state index is -4.07. The summed E-state index contributed by atoms with van der Waals surface area (Å²) in [5.74, 6) is -2.48. The van der Waals surface area contributed by atoms with E-state index in [1.807, 2.05) is 6.92 Å². The third-order valence-corrected chi connectivity index (χ3v) is 5.40. The number of hydrogen-bond acceptors (Lipinski definition) is 3. The Morgan fingerprint density at radius 2 is 1.95 bits per heavy atom. The maximum Gasteiger partial charge on any atom is 0.244 e. The van der Waals surface area contributed by atoms with E-state index >= 15 is 0 Å². The molecule has 1 saturated carbocycles. The Bertz CT molecular complexity index is 628. The molecule has 0 aromatic heterocycles. The van der Waals surface area contributed by atoms with Crippen LogP contribution >= 0.6 is 0 Å². The van der Waals surface area contributed by atoms with E-state index in [1.165, 1.54) is 6.07 Å². The molecule has 118 valence electrons. The summed E-state index contributed by atoms with van der Waals surface area (Å²) in [6, 6.07) is 2.20. The summed E-state index contributed by atoms with van der Waals surface area (Å²) in [7, 11) is -4.07. The molecule has 1 aromatic carbocycles. The third-order valence-electron chi connectivity index (χ3n) is 3.76. The van der Waals surface area contributed by atoms with Gasteiger partial charge in [-0.3, -0.25) is 0 Å². The van der Waals surface area contributed by atoms with Crippen LogP contribution in [-0.2, 0) is 16.6 Å². The smallest absolute Gasteiger partial charge is 0.244 e. The molecule has 1 aliphatic rings. The minimum absolute atomic E-state index is 0.285. The van der Waals surface area contributed by atoms with Crippen LogP contribution in [-0.4, -0.2) is 20.5 Å². The Kier molecular flexibility index (Phi) is 4.65. The van der Waals surface area contributed by atoms with Gasteiger partial charge in [0.15, 0.2) is 11.6 Å². The molecule has 2 rings (SSSR count). The van der Waals surface area contributed by atoms with Crippen LogP contribution in [0.4, 0.5) is 8.78 Å². The van der Waals surface area contributed by atoms with Crippen LogP contribution in [0.3, 0.4) is 0 Å². The topological polar surface area (TPSA) is 58.2 Å². The minimum Gasteiger partial charge on any atom is -0.313 e. The van der Waals surface area contributed by atoms with Crippen molar-refractivity contribution in [1.82, 2.24) is 10.0 Å². The van der Waals surface area contributed by atoms with Gasteiger partial charge in [0.2, 0.25) is 10.0 Å². The monoisotopic (exact) mass is 318 g/mol. The van der Waals surface area contributed by atoms with Crippen LogP contribution in [0.15, 0.2) is 17.0 Å². The van der Waals surface area contributed by atoms with Crippen LogP contribution in [0.2, 0.25) is 0 Å². The molecule has 0 atom stereocenters. The number of rotatable bonds is 6. The first-order valence-electron chi connectivity index (χ1n) is 7.00. The molecule has 7 heteroatoms. The summed E-state index contributed by atoms with van der Waals surface area (Å²) in [5, 5.41) is 2.96. The number of halogens is 2. The summed E-state index contributed by atoms with van der Waals surface area (Å²) >= 11 is 0. The third kappa shape index (κ3) is 3.59. The lowest BCUT2D eigenvalue weighted by molar-refractivity contribution is 0.247. The summed E-state index contributed by atoms with van der Waals surface area (Å²) < 4.78 is 54.6. The van der Waals surface area contributed by atoms with Crippen LogP contribution in [0.5, 0.6) is 0 Å². The van der Waals surface area contributed by atoms with Gasteiger partial charge in [-0.25, -0.2) is 21.9 Å². The van der Waals surface area contributed by atoms with Gasteiger partial charge < -0.3 is 5.32 Å². The molecule has 0 saturated heterocycles. The lowest BCUT2D eigenvalue weighted by Crippen LogP contribution is -2.50. The van der Waals surface area contributed by atoms with Crippen molar-refractivity contribution >= 4 is 10.0 Å². The first-order chi connectivity index (χ1) is 9.77. The van der Waals surface area contributed by atoms with Crippen molar-refractivity contribution < 1.29 is 17.2 Å². The maximum atomic E-state index is 13.9. The molecule has 0 amide bonds. The van der Waals surface area contributed by atoms with E-state index in [9.17, 15) is 17.2 Å². The number of sulfonamides is 1. The Balaban J connectivity index is 2.34. The highest BCUT2D eigenvalue weighted by molar-refractivity contribution is 7.89. The van der Waals surface area contributed by atoms with E-state index in [1.54, 1.807) is 6.92 Å². The summed E-state index contributed by atoms with van der Waals surface area (Å²) in [6.45, 7) is 4.58. The van der Waals surface area contributed by atoms with Crippen LogP contribution in [0.1, 0.15) is 38.7 Å². The Morgan fingerprint density at radius 1 is 1.29 bits per heavy atom. The highest BCUT2D eigenvalue weighted by Crippen LogP contribution is 2.33. The van der Waals surface area contributed by atoms with E-state index in [0.717, 1.165) is 12.5 Å². The predicted molar refractivity (Wildman–Crippen MR) is 76.3 cm³/mol. The molecule has 1 aliphatic carbocycles. The van der Waals surface area contributed by atoms with E-state index in [-0.39, 0.29) is 6.54 Å². The standard InChI is InChI=1S/C14H20F2N2O2S/c1-3-17-9-10-7-11(15)13(16)12(8-10)21(19,20)18-14(2)5-4-6-14/h7-8,17-18H,3-6,9H2,1-2H3. The maximum absolute atomic E-state index is 13.9. The van der Waals surface area contributed by atoms with Gasteiger partial charge in [-0.2, -0.15) is 0 Å². The molecular formula is C14H20F2N2O2S. The summed E-state index contributed by atoms with van der Waals surface area (Å²) in [5.41, 5.74) is -0.158. The fraction of sp³-hybridized carbons (Fsp3) is 0.571. The van der Waals surface area contributed by atoms with Gasteiger partial charge in [0, 0.05) is 12.1 Å². The molecule has 0 radical (unpaired) electrons. The van der Waals surface area contributed by atoms with Crippen LogP contribution in [0.25, 0.3) is 0 Å². The predicted octanol–water partition coefficient (Wildman–Crippen LogP) is 2.30. The molecule has 0 spiro atoms. The molecule has 0 heterocycles. The van der Waals surface area contributed by atoms with Crippen molar-refractivity contribution in [2.45, 2.75) is 50.1 Å². The van der Waals surface area contributed by atoms with Crippen LogP contribution in [0, 0.1) is 11.6 Å². The van der Waals surface area contributed by atoms with Gasteiger partial charge in [-0.05, 0) is 50.4 Å². The molecule has 4 nitrogen and oxygen atoms in total. The Morgan fingerprint density at radius 3 is 2.48 bits per heavy atom. The van der Waals surface area contributed by atoms with Crippen molar-refractivity contribution in [2.75, 3.05) is 6.54 Å². The second kappa shape index (κ2) is 5.98. The number of nitrogens with one attached hydrogen (secondary N) is 2. The quantitative estimate of drug-likeness (QED) is 0.846. The van der Waals surface area contributed by atoms with Crippen molar-refractivity contribution in [3.05, 3.63) is 29.3 Å². The lowest BCUT2D eigenvalue weighted by atomic mass is 9.80. The lowest BCUT2D eigenvalue weighted by Gasteiger charge is -2.38. The largest absolute Gasteiger partial charge is 0.313 e. The van der Waals surface area contributed by atoms with E-state index < -0.39 is 32.1 Å². The van der Waals surface area contributed by atoms with Gasteiger partial charge in [-0.15, -0.1) is 0 Å². The van der Waals surface area contributed by atoms with Crippen molar-refractivity contribution in [3.63, 3.8) is 0 Å². The molecule has 2 N–H and O–H groups in total. The van der Waals surface area contributed by atoms with E-state index in [0.29, 0.717) is 24.9 Å². The normalized spacial score (nSPS) is 17.5. The molecular weight excluding hydrogens is 298 g/mol. The molecule has 0 aliphatic heterocycles. The van der Waals surface area contributed by atoms with E-state index in [4.69, 9.17) is 0 Å². The highest BCUT2D eigenvalue weighted by Gasteiger charge is 2.37. The molecule has 21 heavy (non-hydrogen) atoms. The van der Waals surface area contributed by atoms with Crippen molar-refractivity contribution in [1.29, 1.82) is 0 Å². The second-order valence-corrected chi connectivity index (χ2v) is 7.34. The summed E-state index contributed by atoms with van der Waals surface area (Å²) in [6.07, 6.45) is 2.33. The summed E-state index contributed by atoms with van der Waals surface area (Å²) in [4.78, 5) is -0.622. The average Bonchev–Trinajstić information content (AvgIpc) is 2.37. The van der Waals surface area contributed by atoms with Gasteiger partial charge >= 0.3 is 0 Å². The SMILES string of the molecule is CCNCc1cc(F)c(F)c(S(=O)(=O)NC2(C)CCC2)c1. The molecule has 1 fully saturated rings. The second-order valence-electron chi connectivity index (χ2n) is 5.69. The van der Waals surface area contributed by atoms with E-state index in [2.05, 4.69) is 10.0 Å². The van der Waals surface area contributed by atoms with Gasteiger partial charge in [0.1, 0.15) is 4.90 Å². The Hall–Kier alpha value is -1.05. The zero-order chi connectivity index (χ0) is 15.7.